The van der Waals surface area contributed by atoms with Gasteiger partial charge in [-0.1, -0.05) is 12.1 Å². The van der Waals surface area contributed by atoms with E-state index in [-0.39, 0.29) is 17.0 Å². The van der Waals surface area contributed by atoms with Gasteiger partial charge in [-0.3, -0.25) is 4.55 Å². The number of hydrogen-bond donors (Lipinski definition) is 1. The molecule has 2 aliphatic heterocycles. The van der Waals surface area contributed by atoms with Crippen molar-refractivity contribution in [3.63, 3.8) is 0 Å². The zero-order valence-electron chi connectivity index (χ0n) is 16.2. The molecule has 0 amide bonds. The monoisotopic (exact) mass is 530 g/mol. The van der Waals surface area contributed by atoms with Gasteiger partial charge in [0.05, 0.1) is 5.57 Å². The van der Waals surface area contributed by atoms with Crippen molar-refractivity contribution in [3.05, 3.63) is 72.6 Å². The van der Waals surface area contributed by atoms with E-state index in [9.17, 15) is 13.0 Å². The summed E-state index contributed by atoms with van der Waals surface area (Å²) in [5, 5.41) is 0. The summed E-state index contributed by atoms with van der Waals surface area (Å²) < 4.78 is 68.1. The molecule has 0 saturated carbocycles. The maximum Gasteiger partial charge on any atom is 0.737 e. The normalized spacial score (nSPS) is 18.5. The first-order valence-electron chi connectivity index (χ1n) is 8.90. The first-order valence-corrected chi connectivity index (χ1v) is 11.4. The van der Waals surface area contributed by atoms with Crippen molar-refractivity contribution in [2.75, 3.05) is 0 Å². The van der Waals surface area contributed by atoms with Crippen molar-refractivity contribution in [3.8, 4) is 0 Å². The molecular formula is C19H18BF2IN2O3S. The number of aromatic nitrogens is 1. The van der Waals surface area contributed by atoms with Crippen molar-refractivity contribution < 1.29 is 26.1 Å². The molecule has 1 aromatic heterocycles. The van der Waals surface area contributed by atoms with Crippen LogP contribution in [-0.2, 0) is 10.1 Å². The Morgan fingerprint density at radius 2 is 1.69 bits per heavy atom. The Bertz CT molecular complexity index is 1290. The lowest BCUT2D eigenvalue weighted by Crippen LogP contribution is -2.51. The fourth-order valence-corrected chi connectivity index (χ4v) is 5.88. The lowest BCUT2D eigenvalue weighted by molar-refractivity contribution is -0.363. The van der Waals surface area contributed by atoms with Gasteiger partial charge in [0.1, 0.15) is 0 Å². The second-order valence-corrected chi connectivity index (χ2v) is 9.99. The molecule has 1 aromatic carbocycles. The largest absolute Gasteiger partial charge is 0.737 e. The van der Waals surface area contributed by atoms with Gasteiger partial charge in [0.2, 0.25) is 0 Å². The highest BCUT2D eigenvalue weighted by atomic mass is 127. The Labute approximate surface area is 181 Å². The summed E-state index contributed by atoms with van der Waals surface area (Å²) in [5.74, 6) is 0. The summed E-state index contributed by atoms with van der Waals surface area (Å²) in [6.45, 7) is 1.79. The van der Waals surface area contributed by atoms with Crippen LogP contribution < -0.4 is 0 Å². The minimum absolute atomic E-state index is 0.115. The molecule has 2 aromatic rings. The summed E-state index contributed by atoms with van der Waals surface area (Å²) in [5.41, 5.74) is 2.71. The highest BCUT2D eigenvalue weighted by molar-refractivity contribution is 14.1. The van der Waals surface area contributed by atoms with Gasteiger partial charge in [-0.05, 0) is 78.4 Å². The van der Waals surface area contributed by atoms with Crippen LogP contribution in [0.2, 0.25) is 0 Å². The third kappa shape index (κ3) is 2.79. The lowest BCUT2D eigenvalue weighted by atomic mass is 9.84. The second kappa shape index (κ2) is 6.35. The van der Waals surface area contributed by atoms with Crippen LogP contribution in [0.4, 0.5) is 8.63 Å². The third-order valence-corrected chi connectivity index (χ3v) is 7.37. The van der Waals surface area contributed by atoms with E-state index in [1.165, 1.54) is 13.8 Å². The van der Waals surface area contributed by atoms with Gasteiger partial charge in [-0.2, -0.15) is 8.42 Å². The smallest absolute Gasteiger partial charge is 0.393 e. The van der Waals surface area contributed by atoms with Gasteiger partial charge in [0.25, 0.3) is 0 Å². The van der Waals surface area contributed by atoms with Crippen LogP contribution in [0, 0.1) is 17.4 Å². The Hall–Kier alpha value is -1.79. The fraction of sp³-hybridized carbons (Fsp3) is 0.211. The molecule has 0 bridgehead atoms. The van der Waals surface area contributed by atoms with Crippen molar-refractivity contribution in [2.24, 2.45) is 0 Å². The molecule has 0 spiro atoms. The maximum atomic E-state index is 15.8. The van der Waals surface area contributed by atoms with Gasteiger partial charge >= 0.3 is 17.1 Å². The minimum Gasteiger partial charge on any atom is -0.393 e. The Morgan fingerprint density at radius 3 is 2.24 bits per heavy atom. The van der Waals surface area contributed by atoms with Gasteiger partial charge in [-0.15, -0.1) is 0 Å². The highest BCUT2D eigenvalue weighted by Crippen LogP contribution is 2.46. The third-order valence-electron chi connectivity index (χ3n) is 5.53. The number of hydrogen-bond acceptors (Lipinski definition) is 2. The van der Waals surface area contributed by atoms with Crippen LogP contribution in [0.3, 0.4) is 0 Å². The van der Waals surface area contributed by atoms with Crippen LogP contribution in [0.5, 0.6) is 0 Å². The SMILES string of the molecule is CC1=C(S(=O)(=O)O)C(C)=[N+]2C1=C(c1ccc(I)cc1)c1c(C)cc(C)n1[B-]2(F)F. The molecule has 5 nitrogen and oxygen atoms in total. The Morgan fingerprint density at radius 1 is 1.10 bits per heavy atom. The minimum atomic E-state index is -4.68. The van der Waals surface area contributed by atoms with E-state index in [4.69, 9.17) is 0 Å². The van der Waals surface area contributed by atoms with Crippen LogP contribution in [0.1, 0.15) is 36.4 Å². The number of fused-ring (bicyclic) bond motifs is 2. The molecule has 0 unspecified atom stereocenters. The van der Waals surface area contributed by atoms with Gasteiger partial charge in [0, 0.05) is 21.8 Å². The molecular weight excluding hydrogens is 512 g/mol. The predicted octanol–water partition coefficient (Wildman–Crippen LogP) is 4.35. The number of allylic oxidation sites excluding steroid dienone is 2. The van der Waals surface area contributed by atoms with E-state index in [2.05, 4.69) is 22.6 Å². The summed E-state index contributed by atoms with van der Waals surface area (Å²) >= 11 is 2.16. The zero-order chi connectivity index (χ0) is 21.5. The van der Waals surface area contributed by atoms with Crippen molar-refractivity contribution in [1.29, 1.82) is 0 Å². The van der Waals surface area contributed by atoms with E-state index < -0.39 is 22.0 Å². The van der Waals surface area contributed by atoms with Gasteiger partial charge in [0.15, 0.2) is 16.3 Å². The predicted molar refractivity (Wildman–Crippen MR) is 118 cm³/mol. The summed E-state index contributed by atoms with van der Waals surface area (Å²) in [7, 11) is -4.68. The fourth-order valence-electron chi connectivity index (χ4n) is 4.57. The van der Waals surface area contributed by atoms with E-state index in [0.29, 0.717) is 28.1 Å². The van der Waals surface area contributed by atoms with E-state index in [1.807, 2.05) is 24.3 Å². The second-order valence-electron chi connectivity index (χ2n) is 7.39. The Kier molecular flexibility index (Phi) is 4.49. The molecule has 152 valence electrons. The van der Waals surface area contributed by atoms with Crippen LogP contribution in [0.15, 0.2) is 46.5 Å². The summed E-state index contributed by atoms with van der Waals surface area (Å²) in [6, 6.07) is 9.11. The number of nitrogens with zero attached hydrogens (tertiary/aromatic N) is 2. The molecule has 0 atom stereocenters. The molecule has 0 fully saturated rings. The van der Waals surface area contributed by atoms with Gasteiger partial charge < -0.3 is 17.6 Å². The molecule has 10 heteroatoms. The molecule has 0 saturated heterocycles. The van der Waals surface area contributed by atoms with E-state index in [0.717, 1.165) is 12.5 Å². The van der Waals surface area contributed by atoms with Crippen molar-refractivity contribution in [2.45, 2.75) is 27.7 Å². The molecule has 2 aliphatic rings. The molecule has 1 N–H and O–H groups in total. The molecule has 3 heterocycles. The maximum absolute atomic E-state index is 15.8. The topological polar surface area (TPSA) is 62.3 Å². The molecule has 29 heavy (non-hydrogen) atoms. The summed E-state index contributed by atoms with van der Waals surface area (Å²) in [4.78, 5) is -0.460. The van der Waals surface area contributed by atoms with Crippen molar-refractivity contribution >= 4 is 51.0 Å². The van der Waals surface area contributed by atoms with Crippen molar-refractivity contribution in [1.82, 2.24) is 4.48 Å². The van der Waals surface area contributed by atoms with Gasteiger partial charge in [-0.25, -0.2) is 0 Å². The quantitative estimate of drug-likeness (QED) is 0.357. The van der Waals surface area contributed by atoms with Crippen LogP contribution in [-0.4, -0.2) is 34.6 Å². The zero-order valence-corrected chi connectivity index (χ0v) is 19.1. The van der Waals surface area contributed by atoms with Crippen LogP contribution in [0.25, 0.3) is 5.57 Å². The average Bonchev–Trinajstić information content (AvgIpc) is 3.03. The first kappa shape index (κ1) is 20.5. The number of benzene rings is 1. The number of halogens is 3. The molecule has 0 radical (unpaired) electrons. The van der Waals surface area contributed by atoms with E-state index >= 15 is 8.63 Å². The summed E-state index contributed by atoms with van der Waals surface area (Å²) in [6.07, 6.45) is 0. The van der Waals surface area contributed by atoms with Crippen LogP contribution >= 0.6 is 22.6 Å². The lowest BCUT2D eigenvalue weighted by Gasteiger charge is -2.34. The number of rotatable bonds is 2. The average molecular weight is 530 g/mol. The molecule has 4 rings (SSSR count). The highest BCUT2D eigenvalue weighted by Gasteiger charge is 2.57. The first-order chi connectivity index (χ1) is 13.4. The van der Waals surface area contributed by atoms with E-state index in [1.54, 1.807) is 19.9 Å². The standard InChI is InChI=1S/C19H18BF2IN2O3S/c1-10-9-11(2)24-17(10)16(14-5-7-15(23)8-6-14)18-12(3)19(29(26,27)28)13(4)25(18)20(24,21)22/h5-9H,1-4H3,(H,26,27,28). The Balaban J connectivity index is 2.24. The molecule has 0 aliphatic carbocycles. The number of aryl methyl sites for hydroxylation is 2.